The van der Waals surface area contributed by atoms with E-state index in [0.29, 0.717) is 5.69 Å². The van der Waals surface area contributed by atoms with Gasteiger partial charge >= 0.3 is 0 Å². The molecule has 0 atom stereocenters. The minimum atomic E-state index is -0.371. The summed E-state index contributed by atoms with van der Waals surface area (Å²) in [7, 11) is 1.79. The number of carbonyl (C=O) groups is 1. The van der Waals surface area contributed by atoms with Crippen LogP contribution in [-0.4, -0.2) is 15.7 Å². The van der Waals surface area contributed by atoms with E-state index in [9.17, 15) is 9.18 Å². The van der Waals surface area contributed by atoms with E-state index in [1.165, 1.54) is 12.1 Å². The maximum absolute atomic E-state index is 12.9. The van der Waals surface area contributed by atoms with Crippen LogP contribution in [0.3, 0.4) is 0 Å². The summed E-state index contributed by atoms with van der Waals surface area (Å²) in [6.45, 7) is 1.87. The highest BCUT2D eigenvalue weighted by molar-refractivity contribution is 5.92. The number of amides is 1. The van der Waals surface area contributed by atoms with Crippen LogP contribution in [0.15, 0.2) is 30.3 Å². The number of nitrogens with zero attached hydrogens (tertiary/aromatic N) is 2. The van der Waals surface area contributed by atoms with Crippen molar-refractivity contribution in [1.29, 1.82) is 0 Å². The Hall–Kier alpha value is -2.17. The van der Waals surface area contributed by atoms with Crippen molar-refractivity contribution in [2.45, 2.75) is 13.3 Å². The van der Waals surface area contributed by atoms with Crippen LogP contribution in [0.1, 0.15) is 11.4 Å². The molecule has 0 aliphatic heterocycles. The Morgan fingerprint density at radius 1 is 1.44 bits per heavy atom. The average Bonchev–Trinajstić information content (AvgIpc) is 2.57. The first kappa shape index (κ1) is 12.3. The second kappa shape index (κ2) is 5.00. The molecule has 0 aliphatic rings. The van der Waals surface area contributed by atoms with Crippen molar-refractivity contribution >= 4 is 11.6 Å². The van der Waals surface area contributed by atoms with Crippen LogP contribution in [0.5, 0.6) is 0 Å². The van der Waals surface area contributed by atoms with E-state index in [2.05, 4.69) is 10.4 Å². The lowest BCUT2D eigenvalue weighted by Crippen LogP contribution is -2.16. The van der Waals surface area contributed by atoms with Crippen molar-refractivity contribution in [2.24, 2.45) is 7.05 Å². The van der Waals surface area contributed by atoms with Crippen LogP contribution in [0.2, 0.25) is 0 Å². The lowest BCUT2D eigenvalue weighted by molar-refractivity contribution is -0.115. The predicted octanol–water partition coefficient (Wildman–Crippen LogP) is 2.05. The standard InChI is InChI=1S/C13H14FN3O/c1-9-6-12(17(2)16-9)8-13(18)15-11-5-3-4-10(14)7-11/h3-7H,8H2,1-2H3,(H,15,18). The van der Waals surface area contributed by atoms with Crippen molar-refractivity contribution in [3.63, 3.8) is 0 Å². The summed E-state index contributed by atoms with van der Waals surface area (Å²) >= 11 is 0. The first-order valence-corrected chi connectivity index (χ1v) is 5.59. The number of hydrogen-bond donors (Lipinski definition) is 1. The highest BCUT2D eigenvalue weighted by Crippen LogP contribution is 2.10. The molecule has 18 heavy (non-hydrogen) atoms. The Morgan fingerprint density at radius 3 is 2.83 bits per heavy atom. The Labute approximate surface area is 104 Å². The minimum absolute atomic E-state index is 0.191. The number of aromatic nitrogens is 2. The van der Waals surface area contributed by atoms with E-state index in [0.717, 1.165) is 11.4 Å². The van der Waals surface area contributed by atoms with Crippen LogP contribution in [0, 0.1) is 12.7 Å². The third-order valence-corrected chi connectivity index (χ3v) is 2.55. The molecule has 1 amide bonds. The van der Waals surface area contributed by atoms with Gasteiger partial charge in [0.25, 0.3) is 0 Å². The van der Waals surface area contributed by atoms with Crippen molar-refractivity contribution in [1.82, 2.24) is 9.78 Å². The number of carbonyl (C=O) groups excluding carboxylic acids is 1. The number of rotatable bonds is 3. The number of benzene rings is 1. The Kier molecular flexibility index (Phi) is 3.41. The second-order valence-electron chi connectivity index (χ2n) is 4.14. The molecule has 0 saturated heterocycles. The van der Waals surface area contributed by atoms with Crippen molar-refractivity contribution in [2.75, 3.05) is 5.32 Å². The van der Waals surface area contributed by atoms with Crippen LogP contribution >= 0.6 is 0 Å². The van der Waals surface area contributed by atoms with Crippen molar-refractivity contribution in [3.8, 4) is 0 Å². The Bertz CT molecular complexity index is 577. The highest BCUT2D eigenvalue weighted by atomic mass is 19.1. The maximum Gasteiger partial charge on any atom is 0.230 e. The van der Waals surface area contributed by atoms with Gasteiger partial charge in [-0.1, -0.05) is 6.07 Å². The normalized spacial score (nSPS) is 10.4. The van der Waals surface area contributed by atoms with E-state index in [-0.39, 0.29) is 18.1 Å². The molecular formula is C13H14FN3O. The van der Waals surface area contributed by atoms with Gasteiger partial charge < -0.3 is 5.32 Å². The lowest BCUT2D eigenvalue weighted by Gasteiger charge is -2.05. The third-order valence-electron chi connectivity index (χ3n) is 2.55. The fourth-order valence-electron chi connectivity index (χ4n) is 1.77. The third kappa shape index (κ3) is 2.94. The van der Waals surface area contributed by atoms with Crippen molar-refractivity contribution in [3.05, 3.63) is 47.5 Å². The topological polar surface area (TPSA) is 46.9 Å². The fourth-order valence-corrected chi connectivity index (χ4v) is 1.77. The largest absolute Gasteiger partial charge is 0.326 e. The van der Waals surface area contributed by atoms with Gasteiger partial charge in [0.2, 0.25) is 5.91 Å². The van der Waals surface area contributed by atoms with Gasteiger partial charge in [-0.15, -0.1) is 0 Å². The molecule has 1 aromatic heterocycles. The maximum atomic E-state index is 12.9. The van der Waals surface area contributed by atoms with E-state index < -0.39 is 0 Å². The summed E-state index contributed by atoms with van der Waals surface area (Å²) in [4.78, 5) is 11.8. The van der Waals surface area contributed by atoms with Gasteiger partial charge in [-0.25, -0.2) is 4.39 Å². The molecule has 0 saturated carbocycles. The first-order chi connectivity index (χ1) is 8.54. The molecule has 2 rings (SSSR count). The van der Waals surface area contributed by atoms with Crippen LogP contribution in [0.25, 0.3) is 0 Å². The molecule has 4 nitrogen and oxygen atoms in total. The van der Waals surface area contributed by atoms with E-state index in [4.69, 9.17) is 0 Å². The zero-order chi connectivity index (χ0) is 13.1. The monoisotopic (exact) mass is 247 g/mol. The minimum Gasteiger partial charge on any atom is -0.326 e. The zero-order valence-electron chi connectivity index (χ0n) is 10.3. The molecule has 1 heterocycles. The molecule has 0 aliphatic carbocycles. The summed E-state index contributed by atoms with van der Waals surface area (Å²) in [6, 6.07) is 7.67. The molecular weight excluding hydrogens is 233 g/mol. The van der Waals surface area contributed by atoms with Gasteiger partial charge in [0, 0.05) is 18.4 Å². The van der Waals surface area contributed by atoms with E-state index in [1.807, 2.05) is 13.0 Å². The Morgan fingerprint density at radius 2 is 2.22 bits per heavy atom. The fraction of sp³-hybridized carbons (Fsp3) is 0.231. The molecule has 0 unspecified atom stereocenters. The molecule has 1 N–H and O–H groups in total. The number of aryl methyl sites for hydroxylation is 2. The molecule has 0 bridgehead atoms. The second-order valence-corrected chi connectivity index (χ2v) is 4.14. The number of halogens is 1. The summed E-state index contributed by atoms with van der Waals surface area (Å²) in [5, 5.41) is 6.81. The van der Waals surface area contributed by atoms with Gasteiger partial charge in [-0.2, -0.15) is 5.10 Å². The highest BCUT2D eigenvalue weighted by Gasteiger charge is 2.08. The molecule has 0 spiro atoms. The molecule has 0 fully saturated rings. The number of anilines is 1. The smallest absolute Gasteiger partial charge is 0.230 e. The average molecular weight is 247 g/mol. The predicted molar refractivity (Wildman–Crippen MR) is 66.7 cm³/mol. The molecule has 2 aromatic rings. The van der Waals surface area contributed by atoms with E-state index >= 15 is 0 Å². The van der Waals surface area contributed by atoms with Gasteiger partial charge in [-0.05, 0) is 31.2 Å². The SMILES string of the molecule is Cc1cc(CC(=O)Nc2cccc(F)c2)n(C)n1. The number of nitrogens with one attached hydrogen (secondary N) is 1. The van der Waals surface area contributed by atoms with Gasteiger partial charge in [0.15, 0.2) is 0 Å². The summed E-state index contributed by atoms with van der Waals surface area (Å²) < 4.78 is 14.6. The zero-order valence-corrected chi connectivity index (χ0v) is 10.3. The van der Waals surface area contributed by atoms with E-state index in [1.54, 1.807) is 23.9 Å². The Balaban J connectivity index is 2.03. The van der Waals surface area contributed by atoms with Crippen LogP contribution < -0.4 is 5.32 Å². The quantitative estimate of drug-likeness (QED) is 0.902. The summed E-state index contributed by atoms with van der Waals surface area (Å²) in [5.74, 6) is -0.562. The van der Waals surface area contributed by atoms with Gasteiger partial charge in [0.1, 0.15) is 5.82 Å². The molecule has 5 heteroatoms. The first-order valence-electron chi connectivity index (χ1n) is 5.59. The summed E-state index contributed by atoms with van der Waals surface area (Å²) in [5.41, 5.74) is 2.14. The number of hydrogen-bond acceptors (Lipinski definition) is 2. The molecule has 0 radical (unpaired) electrons. The molecule has 94 valence electrons. The van der Waals surface area contributed by atoms with Crippen molar-refractivity contribution < 1.29 is 9.18 Å². The molecule has 1 aromatic carbocycles. The lowest BCUT2D eigenvalue weighted by atomic mass is 10.2. The van der Waals surface area contributed by atoms with Crippen LogP contribution in [0.4, 0.5) is 10.1 Å². The van der Waals surface area contributed by atoms with Gasteiger partial charge in [-0.3, -0.25) is 9.48 Å². The van der Waals surface area contributed by atoms with Gasteiger partial charge in [0.05, 0.1) is 12.1 Å². The summed E-state index contributed by atoms with van der Waals surface area (Å²) in [6.07, 6.45) is 0.216. The van der Waals surface area contributed by atoms with Crippen LogP contribution in [-0.2, 0) is 18.3 Å².